The summed E-state index contributed by atoms with van der Waals surface area (Å²) >= 11 is 0. The lowest BCUT2D eigenvalue weighted by atomic mass is 10.1. The van der Waals surface area contributed by atoms with E-state index in [1.54, 1.807) is 0 Å². The van der Waals surface area contributed by atoms with Crippen LogP contribution in [0.4, 0.5) is 0 Å². The van der Waals surface area contributed by atoms with E-state index in [1.807, 2.05) is 0 Å². The molecule has 4 N–H and O–H groups in total. The minimum Gasteiger partial charge on any atom is -0.354 e. The molecule has 1 fully saturated rings. The molecule has 0 aromatic rings. The molecule has 0 radical (unpaired) electrons. The molecule has 1 saturated heterocycles. The zero-order valence-corrected chi connectivity index (χ0v) is 7.51. The summed E-state index contributed by atoms with van der Waals surface area (Å²) in [5, 5.41) is 5.31. The topological polar surface area (TPSA) is 84.2 Å². The Morgan fingerprint density at radius 3 is 3.08 bits per heavy atom. The Balaban J connectivity index is 2.45. The van der Waals surface area contributed by atoms with Crippen molar-refractivity contribution >= 4 is 11.8 Å². The predicted octanol–water partition coefficient (Wildman–Crippen LogP) is -1.27. The number of rotatable bonds is 2. The summed E-state index contributed by atoms with van der Waals surface area (Å²) in [4.78, 5) is 22.2. The Labute approximate surface area is 77.1 Å². The van der Waals surface area contributed by atoms with Crippen molar-refractivity contribution in [1.82, 2.24) is 10.6 Å². The van der Waals surface area contributed by atoms with E-state index < -0.39 is 6.04 Å². The Bertz CT molecular complexity index is 206. The van der Waals surface area contributed by atoms with E-state index >= 15 is 0 Å². The molecule has 1 rings (SSSR count). The molecule has 1 heterocycles. The molecule has 74 valence electrons. The van der Waals surface area contributed by atoms with Crippen molar-refractivity contribution in [2.75, 3.05) is 13.1 Å². The van der Waals surface area contributed by atoms with E-state index in [1.165, 1.54) is 0 Å². The number of hydrogen-bond acceptors (Lipinski definition) is 3. The molecule has 0 saturated carbocycles. The van der Waals surface area contributed by atoms with Crippen molar-refractivity contribution in [3.05, 3.63) is 0 Å². The van der Waals surface area contributed by atoms with Gasteiger partial charge < -0.3 is 16.4 Å². The third kappa shape index (κ3) is 3.02. The van der Waals surface area contributed by atoms with Crippen LogP contribution in [0, 0.1) is 0 Å². The molecule has 2 amide bonds. The number of amides is 2. The van der Waals surface area contributed by atoms with Crippen molar-refractivity contribution in [3.8, 4) is 0 Å². The lowest BCUT2D eigenvalue weighted by Gasteiger charge is -2.13. The molecular weight excluding hydrogens is 170 g/mol. The molecule has 0 bridgehead atoms. The van der Waals surface area contributed by atoms with Gasteiger partial charge in [-0.05, 0) is 19.3 Å². The van der Waals surface area contributed by atoms with Crippen LogP contribution in [-0.2, 0) is 9.59 Å². The highest BCUT2D eigenvalue weighted by atomic mass is 16.2. The number of nitrogens with one attached hydrogen (secondary N) is 2. The highest BCUT2D eigenvalue weighted by Gasteiger charge is 2.21. The van der Waals surface area contributed by atoms with Crippen LogP contribution < -0.4 is 16.4 Å². The second kappa shape index (κ2) is 4.81. The van der Waals surface area contributed by atoms with Gasteiger partial charge in [-0.2, -0.15) is 0 Å². The lowest BCUT2D eigenvalue weighted by Crippen LogP contribution is -2.47. The summed E-state index contributed by atoms with van der Waals surface area (Å²) in [5.41, 5.74) is 5.13. The Kier molecular flexibility index (Phi) is 3.70. The second-order valence-electron chi connectivity index (χ2n) is 3.11. The van der Waals surface area contributed by atoms with Gasteiger partial charge in [0, 0.05) is 6.54 Å². The Hall–Kier alpha value is -1.10. The highest BCUT2D eigenvalue weighted by Crippen LogP contribution is 2.04. The number of carbonyl (C=O) groups is 2. The first-order chi connectivity index (χ1) is 6.24. The van der Waals surface area contributed by atoms with Crippen molar-refractivity contribution in [1.29, 1.82) is 0 Å². The van der Waals surface area contributed by atoms with E-state index in [2.05, 4.69) is 10.6 Å². The van der Waals surface area contributed by atoms with Gasteiger partial charge in [0.15, 0.2) is 0 Å². The van der Waals surface area contributed by atoms with E-state index in [4.69, 9.17) is 5.73 Å². The summed E-state index contributed by atoms with van der Waals surface area (Å²) in [6.07, 6.45) is 2.63. The molecule has 0 aromatic carbocycles. The van der Waals surface area contributed by atoms with Crippen molar-refractivity contribution in [3.63, 3.8) is 0 Å². The maximum Gasteiger partial charge on any atom is 0.242 e. The van der Waals surface area contributed by atoms with Crippen LogP contribution >= 0.6 is 0 Å². The molecule has 0 aliphatic carbocycles. The maximum absolute atomic E-state index is 11.3. The van der Waals surface area contributed by atoms with Crippen LogP contribution in [0.1, 0.15) is 19.3 Å². The summed E-state index contributed by atoms with van der Waals surface area (Å²) in [6.45, 7) is 0.637. The first-order valence-electron chi connectivity index (χ1n) is 4.51. The largest absolute Gasteiger partial charge is 0.354 e. The van der Waals surface area contributed by atoms with Gasteiger partial charge in [-0.15, -0.1) is 0 Å². The highest BCUT2D eigenvalue weighted by molar-refractivity contribution is 5.88. The standard InChI is InChI=1S/C8H15N3O2/c9-5-7(12)11-6-3-1-2-4-10-8(6)13/h6H,1-5,9H2,(H,10,13)(H,11,12)/t6-/m1/s1. The molecule has 0 aromatic heterocycles. The fraction of sp³-hybridized carbons (Fsp3) is 0.750. The third-order valence-electron chi connectivity index (χ3n) is 2.06. The average Bonchev–Trinajstić information content (AvgIpc) is 2.32. The molecule has 0 spiro atoms. The van der Waals surface area contributed by atoms with Gasteiger partial charge in [-0.1, -0.05) is 0 Å². The molecule has 5 nitrogen and oxygen atoms in total. The molecular formula is C8H15N3O2. The normalized spacial score (nSPS) is 23.2. The number of hydrogen-bond donors (Lipinski definition) is 3. The van der Waals surface area contributed by atoms with Gasteiger partial charge in [-0.3, -0.25) is 9.59 Å². The second-order valence-corrected chi connectivity index (χ2v) is 3.11. The fourth-order valence-corrected chi connectivity index (χ4v) is 1.33. The van der Waals surface area contributed by atoms with E-state index in [0.717, 1.165) is 12.8 Å². The third-order valence-corrected chi connectivity index (χ3v) is 2.06. The minimum absolute atomic E-state index is 0.0657. The zero-order valence-electron chi connectivity index (χ0n) is 7.51. The zero-order chi connectivity index (χ0) is 9.68. The van der Waals surface area contributed by atoms with Crippen LogP contribution in [0.3, 0.4) is 0 Å². The molecule has 1 atom stereocenters. The maximum atomic E-state index is 11.3. The molecule has 0 unspecified atom stereocenters. The van der Waals surface area contributed by atoms with Gasteiger partial charge in [-0.25, -0.2) is 0 Å². The van der Waals surface area contributed by atoms with Gasteiger partial charge in [0.1, 0.15) is 6.04 Å². The SMILES string of the molecule is NCC(=O)N[C@@H]1CCCCNC1=O. The summed E-state index contributed by atoms with van der Waals surface area (Å²) in [5.74, 6) is -0.374. The van der Waals surface area contributed by atoms with Crippen LogP contribution in [0.5, 0.6) is 0 Å². The summed E-state index contributed by atoms with van der Waals surface area (Å²) < 4.78 is 0. The van der Waals surface area contributed by atoms with Crippen LogP contribution in [0.2, 0.25) is 0 Å². The smallest absolute Gasteiger partial charge is 0.242 e. The van der Waals surface area contributed by atoms with Crippen LogP contribution in [0.15, 0.2) is 0 Å². The van der Waals surface area contributed by atoms with Crippen molar-refractivity contribution in [2.45, 2.75) is 25.3 Å². The average molecular weight is 185 g/mol. The van der Waals surface area contributed by atoms with Gasteiger partial charge in [0.2, 0.25) is 11.8 Å². The number of nitrogens with two attached hydrogens (primary N) is 1. The van der Waals surface area contributed by atoms with Crippen LogP contribution in [-0.4, -0.2) is 30.9 Å². The first-order valence-corrected chi connectivity index (χ1v) is 4.51. The monoisotopic (exact) mass is 185 g/mol. The van der Waals surface area contributed by atoms with E-state index in [-0.39, 0.29) is 18.4 Å². The van der Waals surface area contributed by atoms with Crippen molar-refractivity contribution in [2.24, 2.45) is 5.73 Å². The van der Waals surface area contributed by atoms with E-state index in [0.29, 0.717) is 13.0 Å². The minimum atomic E-state index is -0.390. The Morgan fingerprint density at radius 2 is 2.38 bits per heavy atom. The molecule has 13 heavy (non-hydrogen) atoms. The number of carbonyl (C=O) groups excluding carboxylic acids is 2. The molecule has 1 aliphatic rings. The fourth-order valence-electron chi connectivity index (χ4n) is 1.33. The summed E-state index contributed by atoms with van der Waals surface area (Å²) in [7, 11) is 0. The van der Waals surface area contributed by atoms with Gasteiger partial charge in [0.25, 0.3) is 0 Å². The quantitative estimate of drug-likeness (QED) is 0.501. The predicted molar refractivity (Wildman–Crippen MR) is 47.8 cm³/mol. The first kappa shape index (κ1) is 9.98. The summed E-state index contributed by atoms with van der Waals surface area (Å²) in [6, 6.07) is -0.390. The molecule has 5 heteroatoms. The van der Waals surface area contributed by atoms with E-state index in [9.17, 15) is 9.59 Å². The van der Waals surface area contributed by atoms with Gasteiger partial charge in [0.05, 0.1) is 6.54 Å². The Morgan fingerprint density at radius 1 is 1.62 bits per heavy atom. The molecule has 1 aliphatic heterocycles. The van der Waals surface area contributed by atoms with Gasteiger partial charge >= 0.3 is 0 Å². The van der Waals surface area contributed by atoms with Crippen molar-refractivity contribution < 1.29 is 9.59 Å². The lowest BCUT2D eigenvalue weighted by molar-refractivity contribution is -0.128. The van der Waals surface area contributed by atoms with Crippen LogP contribution in [0.25, 0.3) is 0 Å².